The maximum atomic E-state index is 11.5. The van der Waals surface area contributed by atoms with Crippen LogP contribution in [-0.4, -0.2) is 38.5 Å². The summed E-state index contributed by atoms with van der Waals surface area (Å²) in [5.74, 6) is 1.15. The van der Waals surface area contributed by atoms with Gasteiger partial charge >= 0.3 is 0 Å². The number of nitrogens with zero attached hydrogens (tertiary/aromatic N) is 1. The van der Waals surface area contributed by atoms with Crippen LogP contribution in [0.15, 0.2) is 29.3 Å². The van der Waals surface area contributed by atoms with Crippen LogP contribution in [0.5, 0.6) is 0 Å². The van der Waals surface area contributed by atoms with Gasteiger partial charge in [-0.15, -0.1) is 24.0 Å². The summed E-state index contributed by atoms with van der Waals surface area (Å²) in [6, 6.07) is 8.10. The fourth-order valence-corrected chi connectivity index (χ4v) is 4.05. The average Bonchev–Trinajstić information content (AvgIpc) is 2.77. The molecule has 0 amide bonds. The normalized spacial score (nSPS) is 20.3. The Hall–Kier alpha value is -0.830. The molecule has 7 heteroatoms. The number of guanidine groups is 1. The first-order valence-corrected chi connectivity index (χ1v) is 9.12. The van der Waals surface area contributed by atoms with Crippen LogP contribution in [0.2, 0.25) is 0 Å². The van der Waals surface area contributed by atoms with Crippen molar-refractivity contribution in [2.45, 2.75) is 32.9 Å². The summed E-state index contributed by atoms with van der Waals surface area (Å²) in [6.45, 7) is 5.39. The van der Waals surface area contributed by atoms with E-state index in [0.29, 0.717) is 18.9 Å². The minimum absolute atomic E-state index is 0. The zero-order valence-electron chi connectivity index (χ0n) is 13.0. The molecule has 0 saturated carbocycles. The van der Waals surface area contributed by atoms with E-state index in [9.17, 15) is 8.42 Å². The first-order chi connectivity index (χ1) is 10.00. The molecule has 1 atom stereocenters. The molecule has 0 radical (unpaired) electrons. The highest BCUT2D eigenvalue weighted by atomic mass is 127. The Balaban J connectivity index is 0.00000242. The third kappa shape index (κ3) is 5.75. The minimum Gasteiger partial charge on any atom is -0.357 e. The van der Waals surface area contributed by atoms with Gasteiger partial charge in [-0.2, -0.15) is 0 Å². The number of hydrogen-bond acceptors (Lipinski definition) is 3. The van der Waals surface area contributed by atoms with E-state index < -0.39 is 9.84 Å². The highest BCUT2D eigenvalue weighted by molar-refractivity contribution is 14.0. The lowest BCUT2D eigenvalue weighted by molar-refractivity contribution is 0.599. The number of hydrogen-bond donors (Lipinski definition) is 2. The van der Waals surface area contributed by atoms with Crippen LogP contribution >= 0.6 is 24.0 Å². The molecule has 1 unspecified atom stereocenters. The van der Waals surface area contributed by atoms with Crippen molar-refractivity contribution in [2.24, 2.45) is 4.99 Å². The molecule has 5 nitrogen and oxygen atoms in total. The molecule has 1 aliphatic rings. The molecule has 1 aromatic carbocycles. The summed E-state index contributed by atoms with van der Waals surface area (Å²) < 4.78 is 23.0. The van der Waals surface area contributed by atoms with Crippen LogP contribution < -0.4 is 10.6 Å². The number of sulfone groups is 1. The molecule has 1 heterocycles. The van der Waals surface area contributed by atoms with Crippen molar-refractivity contribution in [3.05, 3.63) is 35.4 Å². The van der Waals surface area contributed by atoms with Crippen LogP contribution in [0, 0.1) is 6.92 Å². The maximum Gasteiger partial charge on any atom is 0.191 e. The molecule has 0 aromatic heterocycles. The first kappa shape index (κ1) is 19.2. The summed E-state index contributed by atoms with van der Waals surface area (Å²) in [4.78, 5) is 4.56. The van der Waals surface area contributed by atoms with E-state index in [-0.39, 0.29) is 41.5 Å². The zero-order chi connectivity index (χ0) is 15.3. The molecule has 2 rings (SSSR count). The molecular formula is C15H24IN3O2S. The van der Waals surface area contributed by atoms with Gasteiger partial charge in [0, 0.05) is 12.6 Å². The van der Waals surface area contributed by atoms with Gasteiger partial charge < -0.3 is 10.6 Å². The van der Waals surface area contributed by atoms with E-state index in [1.807, 2.05) is 19.1 Å². The lowest BCUT2D eigenvalue weighted by Crippen LogP contribution is -2.44. The van der Waals surface area contributed by atoms with Gasteiger partial charge in [-0.05, 0) is 31.4 Å². The summed E-state index contributed by atoms with van der Waals surface area (Å²) in [7, 11) is -2.88. The SMILES string of the molecule is CCNC(=NCc1ccccc1C)NC1CCS(=O)(=O)C1.I. The van der Waals surface area contributed by atoms with E-state index in [4.69, 9.17) is 0 Å². The molecule has 0 bridgehead atoms. The van der Waals surface area contributed by atoms with Gasteiger partial charge in [-0.3, -0.25) is 0 Å². The topological polar surface area (TPSA) is 70.6 Å². The van der Waals surface area contributed by atoms with Crippen molar-refractivity contribution < 1.29 is 8.42 Å². The standard InChI is InChI=1S/C15H23N3O2S.HI/c1-3-16-15(18-14-8-9-21(19,20)11-14)17-10-13-7-5-4-6-12(13)2;/h4-7,14H,3,8-11H2,1-2H3,(H2,16,17,18);1H. The monoisotopic (exact) mass is 437 g/mol. The maximum absolute atomic E-state index is 11.5. The molecule has 1 aromatic rings. The van der Waals surface area contributed by atoms with Crippen LogP contribution in [0.1, 0.15) is 24.5 Å². The Bertz CT molecular complexity index is 617. The van der Waals surface area contributed by atoms with Gasteiger partial charge in [0.15, 0.2) is 15.8 Å². The molecule has 2 N–H and O–H groups in total. The summed E-state index contributed by atoms with van der Waals surface area (Å²) in [5.41, 5.74) is 2.38. The van der Waals surface area contributed by atoms with E-state index in [2.05, 4.69) is 34.7 Å². The molecule has 0 spiro atoms. The Labute approximate surface area is 149 Å². The van der Waals surface area contributed by atoms with Crippen LogP contribution in [0.3, 0.4) is 0 Å². The number of rotatable bonds is 4. The minimum atomic E-state index is -2.88. The van der Waals surface area contributed by atoms with E-state index in [1.54, 1.807) is 0 Å². The second kappa shape index (κ2) is 8.71. The number of aryl methyl sites for hydroxylation is 1. The van der Waals surface area contributed by atoms with Crippen LogP contribution in [0.25, 0.3) is 0 Å². The molecule has 124 valence electrons. The van der Waals surface area contributed by atoms with E-state index >= 15 is 0 Å². The smallest absolute Gasteiger partial charge is 0.191 e. The fraction of sp³-hybridized carbons (Fsp3) is 0.533. The zero-order valence-corrected chi connectivity index (χ0v) is 16.1. The number of halogens is 1. The Morgan fingerprint density at radius 1 is 1.36 bits per heavy atom. The predicted octanol–water partition coefficient (Wildman–Crippen LogP) is 1.86. The van der Waals surface area contributed by atoms with Gasteiger partial charge in [0.25, 0.3) is 0 Å². The molecule has 1 aliphatic heterocycles. The van der Waals surface area contributed by atoms with Gasteiger partial charge in [-0.1, -0.05) is 24.3 Å². The molecule has 1 saturated heterocycles. The summed E-state index contributed by atoms with van der Waals surface area (Å²) in [5, 5.41) is 6.39. The summed E-state index contributed by atoms with van der Waals surface area (Å²) >= 11 is 0. The van der Waals surface area contributed by atoms with Crippen molar-refractivity contribution in [1.82, 2.24) is 10.6 Å². The number of aliphatic imine (C=N–C) groups is 1. The summed E-state index contributed by atoms with van der Waals surface area (Å²) in [6.07, 6.45) is 0.650. The predicted molar refractivity (Wildman–Crippen MR) is 102 cm³/mol. The molecule has 22 heavy (non-hydrogen) atoms. The largest absolute Gasteiger partial charge is 0.357 e. The molecular weight excluding hydrogens is 413 g/mol. The Morgan fingerprint density at radius 3 is 2.68 bits per heavy atom. The third-order valence-electron chi connectivity index (χ3n) is 3.59. The van der Waals surface area contributed by atoms with Crippen LogP contribution in [-0.2, 0) is 16.4 Å². The van der Waals surface area contributed by atoms with Crippen molar-refractivity contribution in [2.75, 3.05) is 18.1 Å². The second-order valence-corrected chi connectivity index (χ2v) is 7.59. The lowest BCUT2D eigenvalue weighted by Gasteiger charge is -2.16. The third-order valence-corrected chi connectivity index (χ3v) is 5.35. The van der Waals surface area contributed by atoms with Crippen molar-refractivity contribution in [1.29, 1.82) is 0 Å². The van der Waals surface area contributed by atoms with Gasteiger partial charge in [0.05, 0.1) is 18.1 Å². The average molecular weight is 437 g/mol. The van der Waals surface area contributed by atoms with Gasteiger partial charge in [0.1, 0.15) is 0 Å². The quantitative estimate of drug-likeness (QED) is 0.429. The molecule has 1 fully saturated rings. The highest BCUT2D eigenvalue weighted by Crippen LogP contribution is 2.11. The first-order valence-electron chi connectivity index (χ1n) is 7.30. The van der Waals surface area contributed by atoms with E-state index in [0.717, 1.165) is 6.54 Å². The van der Waals surface area contributed by atoms with Gasteiger partial charge in [-0.25, -0.2) is 13.4 Å². The van der Waals surface area contributed by atoms with Crippen LogP contribution in [0.4, 0.5) is 0 Å². The number of nitrogens with one attached hydrogen (secondary N) is 2. The highest BCUT2D eigenvalue weighted by Gasteiger charge is 2.28. The fourth-order valence-electron chi connectivity index (χ4n) is 2.37. The van der Waals surface area contributed by atoms with E-state index in [1.165, 1.54) is 11.1 Å². The lowest BCUT2D eigenvalue weighted by atomic mass is 10.1. The number of benzene rings is 1. The molecule has 0 aliphatic carbocycles. The Kier molecular flexibility index (Phi) is 7.61. The van der Waals surface area contributed by atoms with Crippen molar-refractivity contribution in [3.63, 3.8) is 0 Å². The second-order valence-electron chi connectivity index (χ2n) is 5.37. The van der Waals surface area contributed by atoms with Crippen molar-refractivity contribution in [3.8, 4) is 0 Å². The van der Waals surface area contributed by atoms with Crippen molar-refractivity contribution >= 4 is 39.8 Å². The Morgan fingerprint density at radius 2 is 2.09 bits per heavy atom. The van der Waals surface area contributed by atoms with Gasteiger partial charge in [0.2, 0.25) is 0 Å².